The molecular formula is C27H28N2O4. The molecule has 3 aliphatic rings. The van der Waals surface area contributed by atoms with Gasteiger partial charge in [-0.3, -0.25) is 4.79 Å². The molecule has 2 aromatic rings. The Morgan fingerprint density at radius 3 is 2.21 bits per heavy atom. The number of rotatable bonds is 4. The third-order valence-corrected chi connectivity index (χ3v) is 7.26. The van der Waals surface area contributed by atoms with Crippen LogP contribution >= 0.6 is 0 Å². The second-order valence-electron chi connectivity index (χ2n) is 9.20. The van der Waals surface area contributed by atoms with Crippen LogP contribution < -0.4 is 5.32 Å². The lowest BCUT2D eigenvalue weighted by atomic mass is 9.88. The summed E-state index contributed by atoms with van der Waals surface area (Å²) < 4.78 is 5.15. The van der Waals surface area contributed by atoms with E-state index in [1.807, 2.05) is 29.2 Å². The van der Waals surface area contributed by atoms with Gasteiger partial charge in [-0.2, -0.15) is 0 Å². The molecular weight excluding hydrogens is 416 g/mol. The Balaban J connectivity index is 1.41. The summed E-state index contributed by atoms with van der Waals surface area (Å²) in [4.78, 5) is 39.8. The number of ketones is 1. The largest absolute Gasteiger partial charge is 0.466 e. The average molecular weight is 445 g/mol. The van der Waals surface area contributed by atoms with Gasteiger partial charge in [0.2, 0.25) is 0 Å². The number of Topliss-reactive ketones (excluding diaryl/α,β-unsaturated/α-hetero) is 1. The fourth-order valence-corrected chi connectivity index (χ4v) is 5.68. The smallest absolute Gasteiger partial charge is 0.336 e. The maximum Gasteiger partial charge on any atom is 0.336 e. The van der Waals surface area contributed by atoms with Crippen molar-refractivity contribution in [1.29, 1.82) is 0 Å². The molecule has 0 spiro atoms. The molecule has 0 aromatic heterocycles. The van der Waals surface area contributed by atoms with E-state index in [0.717, 1.165) is 36.8 Å². The highest BCUT2D eigenvalue weighted by atomic mass is 16.5. The number of carbonyl (C=O) groups excluding carboxylic acids is 3. The Bertz CT molecular complexity index is 1130. The van der Waals surface area contributed by atoms with Crippen molar-refractivity contribution in [2.45, 2.75) is 57.2 Å². The summed E-state index contributed by atoms with van der Waals surface area (Å²) in [6, 6.07) is 15.4. The molecule has 33 heavy (non-hydrogen) atoms. The summed E-state index contributed by atoms with van der Waals surface area (Å²) in [6.45, 7) is 1.54. The predicted octanol–water partition coefficient (Wildman–Crippen LogP) is 3.93. The van der Waals surface area contributed by atoms with E-state index in [1.165, 1.54) is 25.2 Å². The molecule has 1 saturated heterocycles. The standard InChI is InChI=1S/C27H28N2O4/c1-16(30)17-7-9-18(10-8-17)23-15-22-11-12-24(25(23)26(31)33-2)29(22)27(32)28-21-13-19-5-3-4-6-20(19)14-21/h3-10,21-22,24H,11-15H2,1-2H3,(H,28,32)/t22-,24+/m1/s1. The van der Waals surface area contributed by atoms with Crippen LogP contribution in [0.5, 0.6) is 0 Å². The molecule has 2 aliphatic heterocycles. The Morgan fingerprint density at radius 2 is 1.61 bits per heavy atom. The Morgan fingerprint density at radius 1 is 0.939 bits per heavy atom. The highest BCUT2D eigenvalue weighted by molar-refractivity contribution is 6.01. The van der Waals surface area contributed by atoms with Gasteiger partial charge in [-0.05, 0) is 61.3 Å². The minimum absolute atomic E-state index is 0.00402. The second-order valence-corrected chi connectivity index (χ2v) is 9.20. The van der Waals surface area contributed by atoms with Crippen molar-refractivity contribution in [1.82, 2.24) is 10.2 Å². The first-order valence-corrected chi connectivity index (χ1v) is 11.5. The molecule has 2 amide bonds. The fourth-order valence-electron chi connectivity index (χ4n) is 5.68. The van der Waals surface area contributed by atoms with Crippen LogP contribution in [0.25, 0.3) is 5.57 Å². The monoisotopic (exact) mass is 444 g/mol. The summed E-state index contributed by atoms with van der Waals surface area (Å²) in [5.41, 5.74) is 5.60. The van der Waals surface area contributed by atoms with E-state index in [2.05, 4.69) is 17.4 Å². The van der Waals surface area contributed by atoms with E-state index in [9.17, 15) is 14.4 Å². The molecule has 0 saturated carbocycles. The summed E-state index contributed by atoms with van der Waals surface area (Å²) in [5.74, 6) is -0.388. The van der Waals surface area contributed by atoms with Gasteiger partial charge in [0.25, 0.3) is 0 Å². The van der Waals surface area contributed by atoms with Crippen LogP contribution in [-0.2, 0) is 22.4 Å². The van der Waals surface area contributed by atoms with Gasteiger partial charge < -0.3 is 15.0 Å². The van der Waals surface area contributed by atoms with Crippen molar-refractivity contribution in [3.05, 3.63) is 76.4 Å². The van der Waals surface area contributed by atoms with Crippen LogP contribution in [-0.4, -0.2) is 47.9 Å². The molecule has 6 heteroatoms. The second kappa shape index (κ2) is 8.50. The van der Waals surface area contributed by atoms with Crippen molar-refractivity contribution < 1.29 is 19.1 Å². The quantitative estimate of drug-likeness (QED) is 0.573. The van der Waals surface area contributed by atoms with Crippen LogP contribution in [0.15, 0.2) is 54.1 Å². The van der Waals surface area contributed by atoms with E-state index in [4.69, 9.17) is 4.74 Å². The minimum Gasteiger partial charge on any atom is -0.466 e. The number of hydrogen-bond acceptors (Lipinski definition) is 4. The SMILES string of the molecule is COC(=O)C1=C(c2ccc(C(C)=O)cc2)C[C@H]2CC[C@@H]1N2C(=O)NC1Cc2ccccc2C1. The number of esters is 1. The number of benzene rings is 2. The van der Waals surface area contributed by atoms with Gasteiger partial charge in [0.1, 0.15) is 0 Å². The van der Waals surface area contributed by atoms with E-state index < -0.39 is 5.97 Å². The summed E-state index contributed by atoms with van der Waals surface area (Å²) >= 11 is 0. The first-order chi connectivity index (χ1) is 16.0. The van der Waals surface area contributed by atoms with Crippen LogP contribution in [0, 0.1) is 0 Å². The molecule has 2 heterocycles. The van der Waals surface area contributed by atoms with Crippen LogP contribution in [0.2, 0.25) is 0 Å². The maximum atomic E-state index is 13.4. The molecule has 170 valence electrons. The van der Waals surface area contributed by atoms with Gasteiger partial charge in [0.05, 0.1) is 18.7 Å². The Labute approximate surface area is 193 Å². The summed E-state index contributed by atoms with van der Waals surface area (Å²) in [5, 5.41) is 3.22. The van der Waals surface area contributed by atoms with Gasteiger partial charge in [-0.15, -0.1) is 0 Å². The van der Waals surface area contributed by atoms with Crippen molar-refractivity contribution in [3.63, 3.8) is 0 Å². The number of nitrogens with one attached hydrogen (secondary N) is 1. The van der Waals surface area contributed by atoms with Gasteiger partial charge in [0, 0.05) is 17.6 Å². The molecule has 1 fully saturated rings. The summed E-state index contributed by atoms with van der Waals surface area (Å²) in [6.07, 6.45) is 3.84. The number of carbonyl (C=O) groups is 3. The van der Waals surface area contributed by atoms with Gasteiger partial charge in [-0.25, -0.2) is 9.59 Å². The average Bonchev–Trinajstić information content (AvgIpc) is 3.37. The lowest BCUT2D eigenvalue weighted by molar-refractivity contribution is -0.136. The van der Waals surface area contributed by atoms with Crippen molar-refractivity contribution in [2.75, 3.05) is 7.11 Å². The molecule has 6 nitrogen and oxygen atoms in total. The van der Waals surface area contributed by atoms with Crippen molar-refractivity contribution >= 4 is 23.4 Å². The van der Waals surface area contributed by atoms with Crippen LogP contribution in [0.4, 0.5) is 4.79 Å². The first-order valence-electron chi connectivity index (χ1n) is 11.5. The Kier molecular flexibility index (Phi) is 5.52. The van der Waals surface area contributed by atoms with Crippen LogP contribution in [0.1, 0.15) is 53.2 Å². The molecule has 1 aliphatic carbocycles. The van der Waals surface area contributed by atoms with Crippen molar-refractivity contribution in [2.24, 2.45) is 0 Å². The zero-order valence-electron chi connectivity index (χ0n) is 19.0. The third-order valence-electron chi connectivity index (χ3n) is 7.26. The van der Waals surface area contributed by atoms with E-state index in [0.29, 0.717) is 17.6 Å². The Hall–Kier alpha value is -3.41. The fraction of sp³-hybridized carbons (Fsp3) is 0.370. The van der Waals surface area contributed by atoms with Crippen molar-refractivity contribution in [3.8, 4) is 0 Å². The van der Waals surface area contributed by atoms with Gasteiger partial charge in [0.15, 0.2) is 5.78 Å². The molecule has 0 radical (unpaired) electrons. The lowest BCUT2D eigenvalue weighted by Gasteiger charge is -2.37. The summed E-state index contributed by atoms with van der Waals surface area (Å²) in [7, 11) is 1.38. The maximum absolute atomic E-state index is 13.4. The molecule has 2 atom stereocenters. The normalized spacial score (nSPS) is 21.7. The van der Waals surface area contributed by atoms with Gasteiger partial charge in [-0.1, -0.05) is 48.5 Å². The van der Waals surface area contributed by atoms with E-state index in [1.54, 1.807) is 12.1 Å². The van der Waals surface area contributed by atoms with E-state index >= 15 is 0 Å². The number of urea groups is 1. The first kappa shape index (κ1) is 21.4. The minimum atomic E-state index is -0.392. The predicted molar refractivity (Wildman–Crippen MR) is 125 cm³/mol. The van der Waals surface area contributed by atoms with Gasteiger partial charge >= 0.3 is 12.0 Å². The molecule has 2 bridgehead atoms. The number of amides is 2. The zero-order chi connectivity index (χ0) is 23.1. The molecule has 1 N–H and O–H groups in total. The number of nitrogens with zero attached hydrogens (tertiary/aromatic N) is 1. The highest BCUT2D eigenvalue weighted by Crippen LogP contribution is 2.43. The number of ether oxygens (including phenoxy) is 1. The number of hydrogen-bond donors (Lipinski definition) is 1. The topological polar surface area (TPSA) is 75.7 Å². The number of methoxy groups -OCH3 is 1. The molecule has 2 aromatic carbocycles. The molecule has 5 rings (SSSR count). The lowest BCUT2D eigenvalue weighted by Crippen LogP contribution is -2.53. The number of fused-ring (bicyclic) bond motifs is 3. The highest BCUT2D eigenvalue weighted by Gasteiger charge is 2.47. The zero-order valence-corrected chi connectivity index (χ0v) is 19.0. The van der Waals surface area contributed by atoms with E-state index in [-0.39, 0.29) is 29.9 Å². The van der Waals surface area contributed by atoms with Crippen LogP contribution in [0.3, 0.4) is 0 Å². The third kappa shape index (κ3) is 3.84. The molecule has 0 unspecified atom stereocenters.